The third-order valence-corrected chi connectivity index (χ3v) is 5.15. The molecule has 0 radical (unpaired) electrons. The second-order valence-corrected chi connectivity index (χ2v) is 7.34. The van der Waals surface area contributed by atoms with Gasteiger partial charge in [0.25, 0.3) is 0 Å². The standard InChI is InChI=1S/C14H23N3O3S/c1-11-14(16-8-7-15-11)12(2)17-21(18,19)10-6-13-5-3-4-9-20-13/h7-8,12-13,17H,3-6,9-10H2,1-2H3/t12-,13?/m0/s1. The molecule has 1 saturated heterocycles. The minimum Gasteiger partial charge on any atom is -0.378 e. The zero-order valence-electron chi connectivity index (χ0n) is 12.6. The molecular formula is C14H23N3O3S. The molecule has 2 heterocycles. The van der Waals surface area contributed by atoms with Gasteiger partial charge in [-0.1, -0.05) is 0 Å². The number of aromatic nitrogens is 2. The lowest BCUT2D eigenvalue weighted by Gasteiger charge is -2.23. The zero-order valence-corrected chi connectivity index (χ0v) is 13.4. The van der Waals surface area contributed by atoms with Crippen molar-refractivity contribution in [2.24, 2.45) is 0 Å². The van der Waals surface area contributed by atoms with Gasteiger partial charge in [-0.25, -0.2) is 13.1 Å². The Kier molecular flexibility index (Phi) is 5.66. The lowest BCUT2D eigenvalue weighted by molar-refractivity contribution is 0.0147. The Morgan fingerprint density at radius 3 is 2.81 bits per heavy atom. The molecule has 0 aromatic carbocycles. The lowest BCUT2D eigenvalue weighted by atomic mass is 10.1. The number of aryl methyl sites for hydroxylation is 1. The van der Waals surface area contributed by atoms with Gasteiger partial charge in [0.15, 0.2) is 0 Å². The summed E-state index contributed by atoms with van der Waals surface area (Å²) < 4.78 is 32.5. The summed E-state index contributed by atoms with van der Waals surface area (Å²) in [4.78, 5) is 8.33. The van der Waals surface area contributed by atoms with Crippen LogP contribution in [-0.4, -0.2) is 36.8 Å². The van der Waals surface area contributed by atoms with Crippen LogP contribution in [0.1, 0.15) is 50.0 Å². The molecule has 2 atom stereocenters. The molecule has 0 amide bonds. The highest BCUT2D eigenvalue weighted by Gasteiger charge is 2.21. The number of nitrogens with one attached hydrogen (secondary N) is 1. The van der Waals surface area contributed by atoms with Gasteiger partial charge in [-0.3, -0.25) is 9.97 Å². The number of nitrogens with zero attached hydrogens (tertiary/aromatic N) is 2. The second-order valence-electron chi connectivity index (χ2n) is 5.46. The van der Waals surface area contributed by atoms with E-state index in [1.54, 1.807) is 19.3 Å². The van der Waals surface area contributed by atoms with Crippen molar-refractivity contribution in [3.05, 3.63) is 23.8 Å². The average Bonchev–Trinajstić information content (AvgIpc) is 2.46. The van der Waals surface area contributed by atoms with E-state index in [0.29, 0.717) is 12.1 Å². The van der Waals surface area contributed by atoms with E-state index in [9.17, 15) is 8.42 Å². The minimum absolute atomic E-state index is 0.0730. The maximum Gasteiger partial charge on any atom is 0.212 e. The van der Waals surface area contributed by atoms with Gasteiger partial charge < -0.3 is 4.74 Å². The van der Waals surface area contributed by atoms with Crippen LogP contribution in [0.5, 0.6) is 0 Å². The maximum absolute atomic E-state index is 12.2. The third-order valence-electron chi connectivity index (χ3n) is 3.67. The fourth-order valence-corrected chi connectivity index (χ4v) is 3.89. The largest absolute Gasteiger partial charge is 0.378 e. The normalized spacial score (nSPS) is 21.1. The molecule has 21 heavy (non-hydrogen) atoms. The van der Waals surface area contributed by atoms with E-state index >= 15 is 0 Å². The van der Waals surface area contributed by atoms with Crippen LogP contribution in [0, 0.1) is 6.92 Å². The molecule has 0 aliphatic carbocycles. The van der Waals surface area contributed by atoms with Crippen LogP contribution < -0.4 is 4.72 Å². The summed E-state index contributed by atoms with van der Waals surface area (Å²) in [7, 11) is -3.34. The predicted molar refractivity (Wildman–Crippen MR) is 80.3 cm³/mol. The van der Waals surface area contributed by atoms with E-state index in [0.717, 1.165) is 31.6 Å². The molecule has 1 fully saturated rings. The highest BCUT2D eigenvalue weighted by molar-refractivity contribution is 7.89. The number of rotatable bonds is 6. The molecule has 1 aliphatic heterocycles. The number of sulfonamides is 1. The minimum atomic E-state index is -3.34. The van der Waals surface area contributed by atoms with Crippen molar-refractivity contribution in [1.82, 2.24) is 14.7 Å². The SMILES string of the molecule is Cc1nccnc1[C@H](C)NS(=O)(=O)CCC1CCCCO1. The van der Waals surface area contributed by atoms with Gasteiger partial charge in [-0.2, -0.15) is 0 Å². The highest BCUT2D eigenvalue weighted by Crippen LogP contribution is 2.17. The molecule has 1 N–H and O–H groups in total. The van der Waals surface area contributed by atoms with Gasteiger partial charge in [-0.05, 0) is 39.5 Å². The highest BCUT2D eigenvalue weighted by atomic mass is 32.2. The van der Waals surface area contributed by atoms with Gasteiger partial charge >= 0.3 is 0 Å². The van der Waals surface area contributed by atoms with E-state index in [4.69, 9.17) is 4.74 Å². The van der Waals surface area contributed by atoms with Crippen molar-refractivity contribution < 1.29 is 13.2 Å². The Labute approximate surface area is 126 Å². The second kappa shape index (κ2) is 7.29. The number of hydrogen-bond acceptors (Lipinski definition) is 5. The summed E-state index contributed by atoms with van der Waals surface area (Å²) in [5, 5.41) is 0. The molecule has 1 aromatic heterocycles. The third kappa shape index (κ3) is 5.01. The van der Waals surface area contributed by atoms with E-state index in [1.165, 1.54) is 0 Å². The summed E-state index contributed by atoms with van der Waals surface area (Å²) in [6, 6.07) is -0.379. The van der Waals surface area contributed by atoms with Crippen molar-refractivity contribution in [2.75, 3.05) is 12.4 Å². The molecule has 0 spiro atoms. The molecule has 118 valence electrons. The molecule has 6 nitrogen and oxygen atoms in total. The van der Waals surface area contributed by atoms with Crippen molar-refractivity contribution in [3.63, 3.8) is 0 Å². The average molecular weight is 313 g/mol. The summed E-state index contributed by atoms with van der Waals surface area (Å²) in [6.45, 7) is 4.35. The van der Waals surface area contributed by atoms with Gasteiger partial charge in [0.2, 0.25) is 10.0 Å². The van der Waals surface area contributed by atoms with Crippen LogP contribution >= 0.6 is 0 Å². The maximum atomic E-state index is 12.2. The Bertz CT molecular complexity index is 556. The monoisotopic (exact) mass is 313 g/mol. The number of hydrogen-bond donors (Lipinski definition) is 1. The van der Waals surface area contributed by atoms with E-state index in [-0.39, 0.29) is 17.9 Å². The van der Waals surface area contributed by atoms with E-state index < -0.39 is 10.0 Å². The quantitative estimate of drug-likeness (QED) is 0.865. The zero-order chi connectivity index (χ0) is 15.3. The Balaban J connectivity index is 1.89. The van der Waals surface area contributed by atoms with E-state index in [1.807, 2.05) is 6.92 Å². The molecule has 7 heteroatoms. The summed E-state index contributed by atoms with van der Waals surface area (Å²) in [6.07, 6.45) is 6.93. The topological polar surface area (TPSA) is 81.2 Å². The predicted octanol–water partition coefficient (Wildman–Crippen LogP) is 1.72. The first-order chi connectivity index (χ1) is 9.98. The molecule has 0 saturated carbocycles. The van der Waals surface area contributed by atoms with Crippen LogP contribution in [0.3, 0.4) is 0 Å². The molecule has 1 aliphatic rings. The first-order valence-corrected chi connectivity index (χ1v) is 9.02. The van der Waals surface area contributed by atoms with Crippen LogP contribution in [0.2, 0.25) is 0 Å². The fourth-order valence-electron chi connectivity index (χ4n) is 2.55. The first-order valence-electron chi connectivity index (χ1n) is 7.37. The van der Waals surface area contributed by atoms with Crippen molar-refractivity contribution in [2.45, 2.75) is 51.7 Å². The Morgan fingerprint density at radius 2 is 2.14 bits per heavy atom. The van der Waals surface area contributed by atoms with Gasteiger partial charge in [0, 0.05) is 19.0 Å². The Morgan fingerprint density at radius 1 is 1.38 bits per heavy atom. The van der Waals surface area contributed by atoms with E-state index in [2.05, 4.69) is 14.7 Å². The lowest BCUT2D eigenvalue weighted by Crippen LogP contribution is -2.32. The van der Waals surface area contributed by atoms with Crippen LogP contribution in [0.4, 0.5) is 0 Å². The Hall–Kier alpha value is -1.05. The molecule has 0 bridgehead atoms. The van der Waals surface area contributed by atoms with Crippen molar-refractivity contribution >= 4 is 10.0 Å². The van der Waals surface area contributed by atoms with Crippen LogP contribution in [-0.2, 0) is 14.8 Å². The first kappa shape index (κ1) is 16.3. The number of ether oxygens (including phenoxy) is 1. The van der Waals surface area contributed by atoms with Gasteiger partial charge in [0.1, 0.15) is 0 Å². The van der Waals surface area contributed by atoms with Crippen molar-refractivity contribution in [3.8, 4) is 0 Å². The van der Waals surface area contributed by atoms with Crippen molar-refractivity contribution in [1.29, 1.82) is 0 Å². The van der Waals surface area contributed by atoms with Crippen LogP contribution in [0.25, 0.3) is 0 Å². The fraction of sp³-hybridized carbons (Fsp3) is 0.714. The van der Waals surface area contributed by atoms with Crippen LogP contribution in [0.15, 0.2) is 12.4 Å². The molecule has 1 aromatic rings. The molecule has 1 unspecified atom stereocenters. The van der Waals surface area contributed by atoms with Gasteiger partial charge in [-0.15, -0.1) is 0 Å². The van der Waals surface area contributed by atoms with Gasteiger partial charge in [0.05, 0.1) is 29.3 Å². The smallest absolute Gasteiger partial charge is 0.212 e. The summed E-state index contributed by atoms with van der Waals surface area (Å²) in [5.74, 6) is 0.0846. The molecular weight excluding hydrogens is 290 g/mol. The molecule has 2 rings (SSSR count). The summed E-state index contributed by atoms with van der Waals surface area (Å²) in [5.41, 5.74) is 1.40. The summed E-state index contributed by atoms with van der Waals surface area (Å²) >= 11 is 0.